The van der Waals surface area contributed by atoms with Crippen molar-refractivity contribution < 1.29 is 0 Å². The molecule has 0 aliphatic rings. The summed E-state index contributed by atoms with van der Waals surface area (Å²) in [5.41, 5.74) is 7.40. The molecule has 0 radical (unpaired) electrons. The van der Waals surface area contributed by atoms with Crippen molar-refractivity contribution in [3.8, 4) is 0 Å². The van der Waals surface area contributed by atoms with Crippen molar-refractivity contribution >= 4 is 11.1 Å². The van der Waals surface area contributed by atoms with E-state index in [1.807, 2.05) is 111 Å². The summed E-state index contributed by atoms with van der Waals surface area (Å²) in [6.07, 6.45) is 0. The smallest absolute Gasteiger partial charge is 0.00268 e. The van der Waals surface area contributed by atoms with Crippen LogP contribution in [0.15, 0.2) is 121 Å². The number of rotatable bonds is 4. The average molecular weight is 573 g/mol. The molecule has 0 spiro atoms. The first-order chi connectivity index (χ1) is 20.9. The highest BCUT2D eigenvalue weighted by atomic mass is 14.2. The predicted octanol–water partition coefficient (Wildman–Crippen LogP) is 14.9. The molecule has 0 atom stereocenters. The molecule has 4 aromatic carbocycles. The molecule has 0 fully saturated rings. The van der Waals surface area contributed by atoms with Gasteiger partial charge in [0.15, 0.2) is 0 Å². The standard InChI is InChI=1S/C26H20.8C2H6/c1-5-13-21(14-6-1)25(22-15-7-2-8-16-22)26(23-17-9-3-10-18-23)24-19-11-4-12-20-24;8*1-2/h1-20H;8*1-2H3. The van der Waals surface area contributed by atoms with Crippen LogP contribution in [-0.4, -0.2) is 0 Å². The van der Waals surface area contributed by atoms with E-state index < -0.39 is 0 Å². The van der Waals surface area contributed by atoms with E-state index in [-0.39, 0.29) is 0 Å². The van der Waals surface area contributed by atoms with Crippen molar-refractivity contribution in [1.29, 1.82) is 0 Å². The Kier molecular flexibility index (Phi) is 48.5. The SMILES string of the molecule is CC.CC.CC.CC.CC.CC.CC.CC.c1ccc(C(=C(c2ccccc2)c2ccccc2)c2ccccc2)cc1. The molecule has 0 saturated heterocycles. The number of hydrogen-bond acceptors (Lipinski definition) is 0. The highest BCUT2D eigenvalue weighted by Crippen LogP contribution is 2.36. The molecule has 0 saturated carbocycles. The van der Waals surface area contributed by atoms with Gasteiger partial charge in [-0.05, 0) is 33.4 Å². The Morgan fingerprint density at radius 1 is 0.214 bits per heavy atom. The van der Waals surface area contributed by atoms with Gasteiger partial charge in [0.25, 0.3) is 0 Å². The monoisotopic (exact) mass is 573 g/mol. The fourth-order valence-electron chi connectivity index (χ4n) is 3.33. The van der Waals surface area contributed by atoms with Gasteiger partial charge in [-0.1, -0.05) is 232 Å². The molecular formula is C42H68. The summed E-state index contributed by atoms with van der Waals surface area (Å²) in [5, 5.41) is 0. The molecule has 0 aliphatic heterocycles. The molecule has 0 bridgehead atoms. The Morgan fingerprint density at radius 2 is 0.333 bits per heavy atom. The lowest BCUT2D eigenvalue weighted by Gasteiger charge is -2.18. The zero-order valence-corrected chi connectivity index (χ0v) is 30.5. The second kappa shape index (κ2) is 42.1. The highest BCUT2D eigenvalue weighted by Gasteiger charge is 2.15. The Hall–Kier alpha value is -3.38. The van der Waals surface area contributed by atoms with E-state index in [2.05, 4.69) is 121 Å². The van der Waals surface area contributed by atoms with Crippen LogP contribution in [0.2, 0.25) is 0 Å². The molecule has 0 amide bonds. The molecular weight excluding hydrogens is 504 g/mol. The van der Waals surface area contributed by atoms with Crippen molar-refractivity contribution in [3.63, 3.8) is 0 Å². The Balaban J connectivity index is -0.000000248. The number of hydrogen-bond donors (Lipinski definition) is 0. The van der Waals surface area contributed by atoms with Crippen LogP contribution in [0, 0.1) is 0 Å². The van der Waals surface area contributed by atoms with E-state index in [1.54, 1.807) is 0 Å². The van der Waals surface area contributed by atoms with Gasteiger partial charge in [0, 0.05) is 0 Å². The molecule has 0 heterocycles. The van der Waals surface area contributed by atoms with E-state index in [1.165, 1.54) is 33.4 Å². The maximum atomic E-state index is 2.19. The summed E-state index contributed by atoms with van der Waals surface area (Å²) < 4.78 is 0. The second-order valence-corrected chi connectivity index (χ2v) is 6.21. The molecule has 0 aromatic heterocycles. The third-order valence-corrected chi connectivity index (χ3v) is 4.50. The normalized spacial score (nSPS) is 7.52. The van der Waals surface area contributed by atoms with E-state index in [0.29, 0.717) is 0 Å². The van der Waals surface area contributed by atoms with Gasteiger partial charge in [-0.2, -0.15) is 0 Å². The van der Waals surface area contributed by atoms with Crippen LogP contribution in [0.1, 0.15) is 133 Å². The Bertz CT molecular complexity index is 815. The van der Waals surface area contributed by atoms with Crippen molar-refractivity contribution in [2.45, 2.75) is 111 Å². The van der Waals surface area contributed by atoms with E-state index in [4.69, 9.17) is 0 Å². The third-order valence-electron chi connectivity index (χ3n) is 4.50. The van der Waals surface area contributed by atoms with Crippen LogP contribution in [0.3, 0.4) is 0 Å². The zero-order valence-electron chi connectivity index (χ0n) is 30.5. The summed E-state index contributed by atoms with van der Waals surface area (Å²) in [6.45, 7) is 32.0. The van der Waals surface area contributed by atoms with Gasteiger partial charge in [-0.15, -0.1) is 0 Å². The summed E-state index contributed by atoms with van der Waals surface area (Å²) in [4.78, 5) is 0. The van der Waals surface area contributed by atoms with Crippen LogP contribution in [0.4, 0.5) is 0 Å². The first kappa shape index (κ1) is 48.4. The molecule has 0 nitrogen and oxygen atoms in total. The van der Waals surface area contributed by atoms with Crippen LogP contribution < -0.4 is 0 Å². The van der Waals surface area contributed by atoms with E-state index >= 15 is 0 Å². The minimum atomic E-state index is 1.22. The van der Waals surface area contributed by atoms with Gasteiger partial charge >= 0.3 is 0 Å². The lowest BCUT2D eigenvalue weighted by molar-refractivity contribution is 1.50. The fraction of sp³-hybridized carbons (Fsp3) is 0.381. The third kappa shape index (κ3) is 19.7. The van der Waals surface area contributed by atoms with Gasteiger partial charge in [-0.25, -0.2) is 0 Å². The summed E-state index contributed by atoms with van der Waals surface area (Å²) in [6, 6.07) is 42.6. The topological polar surface area (TPSA) is 0 Å². The maximum absolute atomic E-state index is 2.19. The minimum absolute atomic E-state index is 1.22. The fourth-order valence-corrected chi connectivity index (χ4v) is 3.33. The van der Waals surface area contributed by atoms with Crippen molar-refractivity contribution in [2.24, 2.45) is 0 Å². The Labute approximate surface area is 265 Å². The first-order valence-electron chi connectivity index (χ1n) is 16.9. The minimum Gasteiger partial charge on any atom is -0.0683 e. The molecule has 236 valence electrons. The molecule has 0 heteroatoms. The largest absolute Gasteiger partial charge is 0.0683 e. The zero-order chi connectivity index (χ0) is 33.6. The van der Waals surface area contributed by atoms with Crippen molar-refractivity contribution in [3.05, 3.63) is 144 Å². The molecule has 0 N–H and O–H groups in total. The van der Waals surface area contributed by atoms with Crippen molar-refractivity contribution in [1.82, 2.24) is 0 Å². The van der Waals surface area contributed by atoms with Gasteiger partial charge < -0.3 is 0 Å². The van der Waals surface area contributed by atoms with Crippen LogP contribution in [0.5, 0.6) is 0 Å². The summed E-state index contributed by atoms with van der Waals surface area (Å²) >= 11 is 0. The molecule has 0 aliphatic carbocycles. The van der Waals surface area contributed by atoms with Gasteiger partial charge in [-0.3, -0.25) is 0 Å². The summed E-state index contributed by atoms with van der Waals surface area (Å²) in [5.74, 6) is 0. The first-order valence-corrected chi connectivity index (χ1v) is 16.9. The Morgan fingerprint density at radius 3 is 0.452 bits per heavy atom. The van der Waals surface area contributed by atoms with Gasteiger partial charge in [0.2, 0.25) is 0 Å². The highest BCUT2D eigenvalue weighted by molar-refractivity contribution is 6.04. The number of benzene rings is 4. The van der Waals surface area contributed by atoms with Gasteiger partial charge in [0.1, 0.15) is 0 Å². The van der Waals surface area contributed by atoms with Crippen LogP contribution in [0.25, 0.3) is 11.1 Å². The molecule has 4 rings (SSSR count). The molecule has 42 heavy (non-hydrogen) atoms. The average Bonchev–Trinajstić information content (AvgIpc) is 3.15. The predicted molar refractivity (Wildman–Crippen MR) is 202 cm³/mol. The second-order valence-electron chi connectivity index (χ2n) is 6.21. The summed E-state index contributed by atoms with van der Waals surface area (Å²) in [7, 11) is 0. The lowest BCUT2D eigenvalue weighted by atomic mass is 9.86. The van der Waals surface area contributed by atoms with Gasteiger partial charge in [0.05, 0.1) is 0 Å². The lowest BCUT2D eigenvalue weighted by Crippen LogP contribution is -1.97. The van der Waals surface area contributed by atoms with E-state index in [0.717, 1.165) is 0 Å². The molecule has 4 aromatic rings. The quantitative estimate of drug-likeness (QED) is 0.213. The van der Waals surface area contributed by atoms with Crippen molar-refractivity contribution in [2.75, 3.05) is 0 Å². The van der Waals surface area contributed by atoms with Crippen LogP contribution in [-0.2, 0) is 0 Å². The van der Waals surface area contributed by atoms with Crippen LogP contribution >= 0.6 is 0 Å². The van der Waals surface area contributed by atoms with E-state index in [9.17, 15) is 0 Å². The molecule has 0 unspecified atom stereocenters. The maximum Gasteiger partial charge on any atom is -0.00268 e.